The van der Waals surface area contributed by atoms with Crippen molar-refractivity contribution in [2.24, 2.45) is 0 Å². The van der Waals surface area contributed by atoms with Crippen LogP contribution in [0, 0.1) is 3.70 Å². The topological polar surface area (TPSA) is 56.3 Å². The number of aromatic nitrogens is 1. The molecule has 0 spiro atoms. The summed E-state index contributed by atoms with van der Waals surface area (Å²) in [4.78, 5) is 2.88. The number of rotatable bonds is 3. The summed E-state index contributed by atoms with van der Waals surface area (Å²) in [6.45, 7) is 0. The summed E-state index contributed by atoms with van der Waals surface area (Å²) in [5.74, 6) is -0.433. The van der Waals surface area contributed by atoms with E-state index in [9.17, 15) is 17.2 Å². The molecule has 16 heavy (non-hydrogen) atoms. The third-order valence-electron chi connectivity index (χ3n) is 1.61. The van der Waals surface area contributed by atoms with Gasteiger partial charge in [0.2, 0.25) is 5.88 Å². The molecule has 0 saturated heterocycles. The van der Waals surface area contributed by atoms with Gasteiger partial charge in [0, 0.05) is 16.2 Å². The number of ether oxygens (including phenoxy) is 1. The largest absolute Gasteiger partial charge is 0.480 e. The third kappa shape index (κ3) is 2.92. The first-order valence-electron chi connectivity index (χ1n) is 3.74. The fraction of sp³-hybridized carbons (Fsp3) is 0.286. The quantitative estimate of drug-likeness (QED) is 0.457. The van der Waals surface area contributed by atoms with Crippen LogP contribution in [0.2, 0.25) is 0 Å². The molecule has 0 amide bonds. The number of hydrogen-bond acceptors (Lipinski definition) is 4. The molecule has 0 atom stereocenters. The maximum Gasteiger partial charge on any atom is 0.267 e. The van der Waals surface area contributed by atoms with Crippen molar-refractivity contribution in [3.8, 4) is 5.88 Å². The maximum atomic E-state index is 12.6. The maximum absolute atomic E-state index is 12.6. The van der Waals surface area contributed by atoms with Crippen molar-refractivity contribution < 1.29 is 21.9 Å². The van der Waals surface area contributed by atoms with E-state index in [1.54, 1.807) is 22.6 Å². The predicted octanol–water partition coefficient (Wildman–Crippen LogP) is 2.56. The highest BCUT2D eigenvalue weighted by Gasteiger charge is 2.28. The smallest absolute Gasteiger partial charge is 0.267 e. The second-order valence-electron chi connectivity index (χ2n) is 2.61. The van der Waals surface area contributed by atoms with Crippen LogP contribution in [-0.4, -0.2) is 20.5 Å². The van der Waals surface area contributed by atoms with Gasteiger partial charge in [-0.25, -0.2) is 22.2 Å². The van der Waals surface area contributed by atoms with Crippen LogP contribution >= 0.6 is 33.3 Å². The van der Waals surface area contributed by atoms with Crippen LogP contribution in [0.25, 0.3) is 0 Å². The van der Waals surface area contributed by atoms with Gasteiger partial charge in [0.1, 0.15) is 3.70 Å². The molecule has 0 aliphatic carbocycles. The minimum absolute atomic E-state index is 0.189. The van der Waals surface area contributed by atoms with E-state index in [-0.39, 0.29) is 3.70 Å². The Balaban J connectivity index is 3.65. The van der Waals surface area contributed by atoms with Gasteiger partial charge in [-0.1, -0.05) is 0 Å². The minimum atomic E-state index is -4.34. The Morgan fingerprint density at radius 3 is 2.50 bits per heavy atom. The fourth-order valence-electron chi connectivity index (χ4n) is 1.04. The van der Waals surface area contributed by atoms with Crippen molar-refractivity contribution in [2.45, 2.75) is 11.3 Å². The number of alkyl halides is 2. The zero-order valence-electron chi connectivity index (χ0n) is 7.75. The Bertz CT molecular complexity index is 509. The average molecular weight is 384 g/mol. The minimum Gasteiger partial charge on any atom is -0.480 e. The molecule has 4 nitrogen and oxygen atoms in total. The van der Waals surface area contributed by atoms with E-state index in [4.69, 9.17) is 10.7 Å². The highest BCUT2D eigenvalue weighted by Crippen LogP contribution is 2.35. The van der Waals surface area contributed by atoms with Gasteiger partial charge in [-0.2, -0.15) is 0 Å². The Morgan fingerprint density at radius 2 is 2.12 bits per heavy atom. The van der Waals surface area contributed by atoms with Gasteiger partial charge in [0.25, 0.3) is 15.5 Å². The molecule has 0 saturated carbocycles. The van der Waals surface area contributed by atoms with Gasteiger partial charge in [0.15, 0.2) is 4.90 Å². The van der Waals surface area contributed by atoms with Crippen LogP contribution in [0.4, 0.5) is 8.78 Å². The summed E-state index contributed by atoms with van der Waals surface area (Å²) in [6, 6.07) is 0.947. The van der Waals surface area contributed by atoms with Crippen molar-refractivity contribution in [3.05, 3.63) is 15.3 Å². The number of hydrogen-bond donors (Lipinski definition) is 0. The van der Waals surface area contributed by atoms with Crippen LogP contribution in [0.1, 0.15) is 12.0 Å². The molecule has 0 fully saturated rings. The van der Waals surface area contributed by atoms with Crippen molar-refractivity contribution in [3.63, 3.8) is 0 Å². The fourth-order valence-corrected chi connectivity index (χ4v) is 2.83. The molecule has 1 aromatic rings. The predicted molar refractivity (Wildman–Crippen MR) is 61.5 cm³/mol. The molecule has 1 heterocycles. The normalized spacial score (nSPS) is 11.9. The number of pyridine rings is 1. The molecule has 0 bridgehead atoms. The lowest BCUT2D eigenvalue weighted by atomic mass is 10.3. The molecule has 0 aliphatic rings. The Labute approximate surface area is 109 Å². The van der Waals surface area contributed by atoms with Crippen LogP contribution in [0.3, 0.4) is 0 Å². The second-order valence-corrected chi connectivity index (χ2v) is 6.22. The molecule has 1 rings (SSSR count). The highest BCUT2D eigenvalue weighted by molar-refractivity contribution is 14.1. The van der Waals surface area contributed by atoms with Gasteiger partial charge >= 0.3 is 0 Å². The Morgan fingerprint density at radius 1 is 1.56 bits per heavy atom. The first-order valence-corrected chi connectivity index (χ1v) is 7.13. The van der Waals surface area contributed by atoms with Gasteiger partial charge < -0.3 is 4.74 Å². The zero-order chi connectivity index (χ0) is 12.5. The van der Waals surface area contributed by atoms with E-state index >= 15 is 0 Å². The van der Waals surface area contributed by atoms with E-state index in [1.165, 1.54) is 0 Å². The number of nitrogens with zero attached hydrogens (tertiary/aromatic N) is 1. The molecule has 0 aromatic carbocycles. The Kier molecular flexibility index (Phi) is 4.29. The molecule has 90 valence electrons. The van der Waals surface area contributed by atoms with Crippen molar-refractivity contribution >= 4 is 42.3 Å². The lowest BCUT2D eigenvalue weighted by molar-refractivity contribution is 0.146. The van der Waals surface area contributed by atoms with E-state index in [2.05, 4.69) is 9.72 Å². The standard InChI is InChI=1S/C7H5ClF2INO3S/c1-15-7-5(16(8,13)14)3(6(9)10)2-4(11)12-7/h2,6H,1H3. The average Bonchev–Trinajstić information content (AvgIpc) is 2.14. The van der Waals surface area contributed by atoms with Gasteiger partial charge in [-0.15, -0.1) is 0 Å². The first-order chi connectivity index (χ1) is 7.27. The van der Waals surface area contributed by atoms with E-state index in [0.717, 1.165) is 13.2 Å². The van der Waals surface area contributed by atoms with E-state index in [0.29, 0.717) is 0 Å². The second kappa shape index (κ2) is 4.96. The monoisotopic (exact) mass is 383 g/mol. The van der Waals surface area contributed by atoms with Crippen LogP contribution < -0.4 is 4.74 Å². The van der Waals surface area contributed by atoms with Crippen molar-refractivity contribution in [1.29, 1.82) is 0 Å². The van der Waals surface area contributed by atoms with Gasteiger partial charge in [0.05, 0.1) is 7.11 Å². The van der Waals surface area contributed by atoms with Crippen LogP contribution in [-0.2, 0) is 9.05 Å². The van der Waals surface area contributed by atoms with Crippen LogP contribution in [0.15, 0.2) is 11.0 Å². The van der Waals surface area contributed by atoms with Crippen LogP contribution in [0.5, 0.6) is 5.88 Å². The summed E-state index contributed by atoms with van der Waals surface area (Å²) in [7, 11) is 1.85. The molecule has 0 N–H and O–H groups in total. The summed E-state index contributed by atoms with van der Waals surface area (Å²) < 4.78 is 52.4. The molecule has 1 aromatic heterocycles. The van der Waals surface area contributed by atoms with E-state index < -0.39 is 31.8 Å². The summed E-state index contributed by atoms with van der Waals surface area (Å²) >= 11 is 1.67. The Hall–Kier alpha value is -0.220. The van der Waals surface area contributed by atoms with Gasteiger partial charge in [-0.3, -0.25) is 0 Å². The first kappa shape index (κ1) is 13.8. The number of halogens is 4. The molecule has 9 heteroatoms. The molecular formula is C7H5ClF2INO3S. The summed E-state index contributed by atoms with van der Waals surface area (Å²) in [5, 5.41) is 0. The van der Waals surface area contributed by atoms with E-state index in [1.807, 2.05) is 0 Å². The lowest BCUT2D eigenvalue weighted by Crippen LogP contribution is -2.05. The van der Waals surface area contributed by atoms with Gasteiger partial charge in [-0.05, 0) is 28.7 Å². The number of methoxy groups -OCH3 is 1. The lowest BCUT2D eigenvalue weighted by Gasteiger charge is -2.10. The zero-order valence-corrected chi connectivity index (χ0v) is 11.5. The third-order valence-corrected chi connectivity index (χ3v) is 3.53. The molecule has 0 aliphatic heterocycles. The summed E-state index contributed by atoms with van der Waals surface area (Å²) in [5.41, 5.74) is -0.716. The molecule has 0 unspecified atom stereocenters. The summed E-state index contributed by atoms with van der Waals surface area (Å²) in [6.07, 6.45) is -2.98. The van der Waals surface area contributed by atoms with Crippen molar-refractivity contribution in [2.75, 3.05) is 7.11 Å². The SMILES string of the molecule is COc1nc(I)cc(C(F)F)c1S(=O)(=O)Cl. The molecule has 0 radical (unpaired) electrons. The van der Waals surface area contributed by atoms with Crippen molar-refractivity contribution in [1.82, 2.24) is 4.98 Å². The molecular weight excluding hydrogens is 379 g/mol. The highest BCUT2D eigenvalue weighted by atomic mass is 127.